The maximum Gasteiger partial charge on any atom is 0.254 e. The van der Waals surface area contributed by atoms with Gasteiger partial charge in [-0.1, -0.05) is 36.4 Å². The molecule has 5 heteroatoms. The zero-order valence-corrected chi connectivity index (χ0v) is 16.0. The normalized spacial score (nSPS) is 19.2. The fourth-order valence-electron chi connectivity index (χ4n) is 3.60. The maximum atomic E-state index is 13.0. The Morgan fingerprint density at radius 3 is 2.48 bits per heavy atom. The Morgan fingerprint density at radius 2 is 1.81 bits per heavy atom. The molecular weight excluding hydrogens is 340 g/mol. The van der Waals surface area contributed by atoms with Gasteiger partial charge in [-0.25, -0.2) is 0 Å². The van der Waals surface area contributed by atoms with E-state index in [4.69, 9.17) is 4.74 Å². The Labute approximate surface area is 160 Å². The van der Waals surface area contributed by atoms with Gasteiger partial charge in [0.25, 0.3) is 5.91 Å². The van der Waals surface area contributed by atoms with Gasteiger partial charge in [0.1, 0.15) is 5.75 Å². The first kappa shape index (κ1) is 19.0. The topological polar surface area (TPSA) is 58.6 Å². The number of carbonyl (C=O) groups excluding carboxylic acids is 2. The van der Waals surface area contributed by atoms with Crippen molar-refractivity contribution in [1.29, 1.82) is 0 Å². The quantitative estimate of drug-likeness (QED) is 0.885. The minimum Gasteiger partial charge on any atom is -0.497 e. The standard InChI is InChI=1S/C22H26N2O3/c1-15(2)23-21(25)20-14-24(13-19(20)16-8-5-4-6-9-16)22(26)17-10-7-11-18(12-17)27-3/h4-12,15,19-20H,13-14H2,1-3H3,(H,23,25). The van der Waals surface area contributed by atoms with E-state index in [0.29, 0.717) is 24.4 Å². The van der Waals surface area contributed by atoms with Crippen molar-refractivity contribution in [2.24, 2.45) is 5.92 Å². The molecule has 1 aliphatic rings. The molecule has 0 spiro atoms. The molecule has 0 bridgehead atoms. The molecule has 1 saturated heterocycles. The summed E-state index contributed by atoms with van der Waals surface area (Å²) in [6, 6.07) is 17.2. The molecule has 2 unspecified atom stereocenters. The molecule has 2 aromatic carbocycles. The SMILES string of the molecule is COc1cccc(C(=O)N2CC(C(=O)NC(C)C)C(c3ccccc3)C2)c1. The molecule has 0 aliphatic carbocycles. The van der Waals surface area contributed by atoms with E-state index < -0.39 is 0 Å². The molecule has 27 heavy (non-hydrogen) atoms. The summed E-state index contributed by atoms with van der Waals surface area (Å²) in [5.74, 6) is 0.298. The largest absolute Gasteiger partial charge is 0.497 e. The number of nitrogens with zero attached hydrogens (tertiary/aromatic N) is 1. The van der Waals surface area contributed by atoms with E-state index in [1.54, 1.807) is 30.2 Å². The second kappa shape index (κ2) is 8.25. The van der Waals surface area contributed by atoms with E-state index >= 15 is 0 Å². The van der Waals surface area contributed by atoms with Gasteiger partial charge < -0.3 is 15.0 Å². The smallest absolute Gasteiger partial charge is 0.254 e. The number of rotatable bonds is 5. The number of hydrogen-bond donors (Lipinski definition) is 1. The number of likely N-dealkylation sites (tertiary alicyclic amines) is 1. The highest BCUT2D eigenvalue weighted by atomic mass is 16.5. The summed E-state index contributed by atoms with van der Waals surface area (Å²) in [5.41, 5.74) is 1.66. The van der Waals surface area contributed by atoms with Crippen LogP contribution in [0.3, 0.4) is 0 Å². The van der Waals surface area contributed by atoms with Gasteiger partial charge in [0.05, 0.1) is 13.0 Å². The second-order valence-corrected chi connectivity index (χ2v) is 7.23. The monoisotopic (exact) mass is 366 g/mol. The van der Waals surface area contributed by atoms with Crippen molar-refractivity contribution in [3.05, 3.63) is 65.7 Å². The molecule has 1 aliphatic heterocycles. The van der Waals surface area contributed by atoms with Gasteiger partial charge >= 0.3 is 0 Å². The zero-order chi connectivity index (χ0) is 19.4. The van der Waals surface area contributed by atoms with Crippen LogP contribution in [0.2, 0.25) is 0 Å². The first-order valence-corrected chi connectivity index (χ1v) is 9.28. The molecule has 2 amide bonds. The minimum absolute atomic E-state index is 0.000190. The van der Waals surface area contributed by atoms with Gasteiger partial charge in [0.15, 0.2) is 0 Å². The van der Waals surface area contributed by atoms with Crippen molar-refractivity contribution in [2.75, 3.05) is 20.2 Å². The van der Waals surface area contributed by atoms with Gasteiger partial charge in [0, 0.05) is 30.6 Å². The minimum atomic E-state index is -0.260. The third-order valence-corrected chi connectivity index (χ3v) is 4.92. The Balaban J connectivity index is 1.85. The van der Waals surface area contributed by atoms with Crippen LogP contribution in [-0.4, -0.2) is 43.0 Å². The lowest BCUT2D eigenvalue weighted by Crippen LogP contribution is -2.39. The number of ether oxygens (including phenoxy) is 1. The Morgan fingerprint density at radius 1 is 1.07 bits per heavy atom. The summed E-state index contributed by atoms with van der Waals surface area (Å²) in [4.78, 5) is 27.6. The molecule has 1 fully saturated rings. The average molecular weight is 366 g/mol. The van der Waals surface area contributed by atoms with Crippen LogP contribution in [-0.2, 0) is 4.79 Å². The molecule has 0 aromatic heterocycles. The van der Waals surface area contributed by atoms with Crippen molar-refractivity contribution in [1.82, 2.24) is 10.2 Å². The van der Waals surface area contributed by atoms with Crippen LogP contribution in [0.4, 0.5) is 0 Å². The third-order valence-electron chi connectivity index (χ3n) is 4.92. The lowest BCUT2D eigenvalue weighted by molar-refractivity contribution is -0.125. The highest BCUT2D eigenvalue weighted by Gasteiger charge is 2.40. The number of methoxy groups -OCH3 is 1. The third kappa shape index (κ3) is 4.30. The lowest BCUT2D eigenvalue weighted by atomic mass is 9.88. The fraction of sp³-hybridized carbons (Fsp3) is 0.364. The van der Waals surface area contributed by atoms with E-state index in [1.807, 2.05) is 50.2 Å². The summed E-state index contributed by atoms with van der Waals surface area (Å²) in [6.07, 6.45) is 0. The van der Waals surface area contributed by atoms with Crippen molar-refractivity contribution >= 4 is 11.8 Å². The van der Waals surface area contributed by atoms with E-state index in [1.165, 1.54) is 0 Å². The van der Waals surface area contributed by atoms with Gasteiger partial charge in [0.2, 0.25) is 5.91 Å². The van der Waals surface area contributed by atoms with E-state index in [2.05, 4.69) is 5.32 Å². The lowest BCUT2D eigenvalue weighted by Gasteiger charge is -2.19. The molecule has 2 aromatic rings. The summed E-state index contributed by atoms with van der Waals surface area (Å²) < 4.78 is 5.23. The molecule has 0 radical (unpaired) electrons. The number of benzene rings is 2. The van der Waals surface area contributed by atoms with E-state index in [-0.39, 0.29) is 29.7 Å². The summed E-state index contributed by atoms with van der Waals surface area (Å²) in [6.45, 7) is 4.83. The van der Waals surface area contributed by atoms with Gasteiger partial charge in [-0.05, 0) is 37.6 Å². The first-order chi connectivity index (χ1) is 13.0. The first-order valence-electron chi connectivity index (χ1n) is 9.28. The van der Waals surface area contributed by atoms with Crippen LogP contribution in [0.1, 0.15) is 35.7 Å². The molecule has 5 nitrogen and oxygen atoms in total. The van der Waals surface area contributed by atoms with Crippen molar-refractivity contribution in [3.63, 3.8) is 0 Å². The van der Waals surface area contributed by atoms with Crippen molar-refractivity contribution in [2.45, 2.75) is 25.8 Å². The average Bonchev–Trinajstić information content (AvgIpc) is 3.13. The Bertz CT molecular complexity index is 804. The number of amides is 2. The molecule has 2 atom stereocenters. The van der Waals surface area contributed by atoms with Crippen molar-refractivity contribution in [3.8, 4) is 5.75 Å². The molecular formula is C22H26N2O3. The number of carbonyl (C=O) groups is 2. The molecule has 142 valence electrons. The number of hydrogen-bond acceptors (Lipinski definition) is 3. The molecule has 0 saturated carbocycles. The summed E-state index contributed by atoms with van der Waals surface area (Å²) in [7, 11) is 1.58. The molecule has 3 rings (SSSR count). The van der Waals surface area contributed by atoms with E-state index in [0.717, 1.165) is 5.56 Å². The number of nitrogens with one attached hydrogen (secondary N) is 1. The van der Waals surface area contributed by atoms with Gasteiger partial charge in [-0.3, -0.25) is 9.59 Å². The van der Waals surface area contributed by atoms with Crippen LogP contribution >= 0.6 is 0 Å². The van der Waals surface area contributed by atoms with E-state index in [9.17, 15) is 9.59 Å². The van der Waals surface area contributed by atoms with Gasteiger partial charge in [-0.15, -0.1) is 0 Å². The predicted octanol–water partition coefficient (Wildman–Crippen LogP) is 3.08. The zero-order valence-electron chi connectivity index (χ0n) is 16.0. The van der Waals surface area contributed by atoms with Crippen LogP contribution < -0.4 is 10.1 Å². The van der Waals surface area contributed by atoms with Crippen LogP contribution in [0, 0.1) is 5.92 Å². The summed E-state index contributed by atoms with van der Waals surface area (Å²) >= 11 is 0. The maximum absolute atomic E-state index is 13.0. The summed E-state index contributed by atoms with van der Waals surface area (Å²) in [5, 5.41) is 3.01. The fourth-order valence-corrected chi connectivity index (χ4v) is 3.60. The van der Waals surface area contributed by atoms with Gasteiger partial charge in [-0.2, -0.15) is 0 Å². The second-order valence-electron chi connectivity index (χ2n) is 7.23. The van der Waals surface area contributed by atoms with Crippen LogP contribution in [0.25, 0.3) is 0 Å². The van der Waals surface area contributed by atoms with Crippen molar-refractivity contribution < 1.29 is 14.3 Å². The highest BCUT2D eigenvalue weighted by molar-refractivity contribution is 5.95. The van der Waals surface area contributed by atoms with Crippen LogP contribution in [0.15, 0.2) is 54.6 Å². The Hall–Kier alpha value is -2.82. The molecule has 1 heterocycles. The molecule has 1 N–H and O–H groups in total. The highest BCUT2D eigenvalue weighted by Crippen LogP contribution is 2.34. The Kier molecular flexibility index (Phi) is 5.79. The predicted molar refractivity (Wildman–Crippen MR) is 105 cm³/mol. The van der Waals surface area contributed by atoms with Crippen LogP contribution in [0.5, 0.6) is 5.75 Å².